The summed E-state index contributed by atoms with van der Waals surface area (Å²) in [5.41, 5.74) is 2.79. The average molecular weight is 365 g/mol. The van der Waals surface area contributed by atoms with Crippen molar-refractivity contribution in [1.82, 2.24) is 5.32 Å². The van der Waals surface area contributed by atoms with Gasteiger partial charge in [-0.3, -0.25) is 4.79 Å². The van der Waals surface area contributed by atoms with E-state index in [1.807, 2.05) is 31.2 Å². The highest BCUT2D eigenvalue weighted by Crippen LogP contribution is 2.26. The summed E-state index contributed by atoms with van der Waals surface area (Å²) < 4.78 is 5.54. The third-order valence-corrected chi connectivity index (χ3v) is 4.38. The first-order valence-corrected chi connectivity index (χ1v) is 8.52. The first-order chi connectivity index (χ1) is 13.0. The third-order valence-electron chi connectivity index (χ3n) is 4.38. The number of rotatable bonds is 6. The number of hydrogen-bond donors (Lipinski definition) is 4. The maximum atomic E-state index is 12.6. The topological polar surface area (TPSA) is 103 Å². The molecule has 0 aliphatic heterocycles. The maximum absolute atomic E-state index is 12.6. The molecular formula is C20H20BNO5. The highest BCUT2D eigenvalue weighted by molar-refractivity contribution is 6.52. The molecule has 6 nitrogen and oxygen atoms in total. The van der Waals surface area contributed by atoms with E-state index in [4.69, 9.17) is 4.42 Å². The quantitative estimate of drug-likeness (QED) is 0.501. The van der Waals surface area contributed by atoms with Crippen LogP contribution in [0.3, 0.4) is 0 Å². The van der Waals surface area contributed by atoms with E-state index in [9.17, 15) is 19.9 Å². The zero-order chi connectivity index (χ0) is 19.4. The number of hydrogen-bond acceptors (Lipinski definition) is 5. The average Bonchev–Trinajstić information content (AvgIpc) is 3.07. The molecule has 1 heterocycles. The van der Waals surface area contributed by atoms with Crippen molar-refractivity contribution >= 4 is 30.1 Å². The second-order valence-corrected chi connectivity index (χ2v) is 6.25. The molecule has 0 saturated carbocycles. The summed E-state index contributed by atoms with van der Waals surface area (Å²) in [6.45, 7) is 1.51. The fourth-order valence-electron chi connectivity index (χ4n) is 2.93. The number of fused-ring (bicyclic) bond motifs is 1. The number of aryl methyl sites for hydroxylation is 1. The molecule has 1 atom stereocenters. The second-order valence-electron chi connectivity index (χ2n) is 6.25. The summed E-state index contributed by atoms with van der Waals surface area (Å²) in [7, 11) is -1.89. The van der Waals surface area contributed by atoms with Gasteiger partial charge in [-0.1, -0.05) is 48.5 Å². The van der Waals surface area contributed by atoms with E-state index in [0.717, 1.165) is 10.9 Å². The van der Waals surface area contributed by atoms with E-state index in [0.29, 0.717) is 16.7 Å². The summed E-state index contributed by atoms with van der Waals surface area (Å²) in [5.74, 6) is -1.36. The smallest absolute Gasteiger partial charge is 0.463 e. The van der Waals surface area contributed by atoms with E-state index < -0.39 is 25.6 Å². The van der Waals surface area contributed by atoms with Gasteiger partial charge < -0.3 is 24.9 Å². The summed E-state index contributed by atoms with van der Waals surface area (Å²) in [4.78, 5) is 12.6. The van der Waals surface area contributed by atoms with E-state index in [1.54, 1.807) is 24.3 Å². The number of aliphatic hydroxyl groups excluding tert-OH is 1. The molecule has 0 fully saturated rings. The van der Waals surface area contributed by atoms with Crippen LogP contribution in [-0.4, -0.2) is 34.8 Å². The number of furan rings is 1. The minimum absolute atomic E-state index is 0.0985. The lowest BCUT2D eigenvalue weighted by Gasteiger charge is -2.16. The van der Waals surface area contributed by atoms with Crippen LogP contribution in [0.4, 0.5) is 0 Å². The zero-order valence-corrected chi connectivity index (χ0v) is 14.8. The van der Waals surface area contributed by atoms with Crippen molar-refractivity contribution in [1.29, 1.82) is 0 Å². The van der Waals surface area contributed by atoms with Gasteiger partial charge in [0.25, 0.3) is 0 Å². The number of benzene rings is 2. The van der Waals surface area contributed by atoms with Crippen molar-refractivity contribution in [2.45, 2.75) is 12.8 Å². The molecule has 3 rings (SSSR count). The molecule has 4 N–H and O–H groups in total. The molecule has 7 heteroatoms. The molecule has 1 amide bonds. The molecular weight excluding hydrogens is 345 g/mol. The lowest BCUT2D eigenvalue weighted by Crippen LogP contribution is -2.36. The van der Waals surface area contributed by atoms with Crippen LogP contribution in [-0.2, 0) is 4.79 Å². The van der Waals surface area contributed by atoms with Crippen LogP contribution in [0, 0.1) is 6.92 Å². The lowest BCUT2D eigenvalue weighted by molar-refractivity contribution is -0.122. The Labute approximate surface area is 156 Å². The molecule has 0 saturated heterocycles. The molecule has 0 unspecified atom stereocenters. The second kappa shape index (κ2) is 8.22. The van der Waals surface area contributed by atoms with Crippen LogP contribution in [0.1, 0.15) is 22.6 Å². The number of nitrogens with one attached hydrogen (secondary N) is 1. The first-order valence-electron chi connectivity index (χ1n) is 8.52. The summed E-state index contributed by atoms with van der Waals surface area (Å²) in [6, 6.07) is 14.4. The number of para-hydroxylation sites is 1. The Morgan fingerprint density at radius 2 is 1.93 bits per heavy atom. The molecule has 27 heavy (non-hydrogen) atoms. The van der Waals surface area contributed by atoms with Gasteiger partial charge in [-0.15, -0.1) is 0 Å². The fourth-order valence-corrected chi connectivity index (χ4v) is 2.93. The summed E-state index contributed by atoms with van der Waals surface area (Å²) >= 11 is 0. The van der Waals surface area contributed by atoms with Gasteiger partial charge in [0.1, 0.15) is 5.58 Å². The van der Waals surface area contributed by atoms with Crippen molar-refractivity contribution in [3.05, 3.63) is 77.1 Å². The van der Waals surface area contributed by atoms with Crippen LogP contribution in [0.25, 0.3) is 17.0 Å². The van der Waals surface area contributed by atoms with Gasteiger partial charge in [0.05, 0.1) is 18.8 Å². The molecule has 0 bridgehead atoms. The monoisotopic (exact) mass is 365 g/mol. The minimum Gasteiger partial charge on any atom is -0.463 e. The Hall–Kier alpha value is -2.87. The molecule has 138 valence electrons. The first kappa shape index (κ1) is 18.9. The predicted octanol–water partition coefficient (Wildman–Crippen LogP) is 1.99. The van der Waals surface area contributed by atoms with Gasteiger partial charge in [0.15, 0.2) is 0 Å². The van der Waals surface area contributed by atoms with Gasteiger partial charge in [0, 0.05) is 16.5 Å². The van der Waals surface area contributed by atoms with Crippen LogP contribution in [0.15, 0.2) is 64.8 Å². The van der Waals surface area contributed by atoms with Crippen LogP contribution >= 0.6 is 0 Å². The Balaban J connectivity index is 1.90. The van der Waals surface area contributed by atoms with E-state index in [-0.39, 0.29) is 5.60 Å². The zero-order valence-electron chi connectivity index (χ0n) is 14.8. The normalized spacial score (nSPS) is 12.8. The largest absolute Gasteiger partial charge is 0.505 e. The van der Waals surface area contributed by atoms with Crippen molar-refractivity contribution in [2.24, 2.45) is 0 Å². The predicted molar refractivity (Wildman–Crippen MR) is 104 cm³/mol. The van der Waals surface area contributed by atoms with E-state index >= 15 is 0 Å². The van der Waals surface area contributed by atoms with Gasteiger partial charge in [-0.2, -0.15) is 0 Å². The van der Waals surface area contributed by atoms with Crippen LogP contribution < -0.4 is 5.32 Å². The minimum atomic E-state index is -1.89. The molecule has 2 aromatic carbocycles. The van der Waals surface area contributed by atoms with Gasteiger partial charge >= 0.3 is 7.12 Å². The van der Waals surface area contributed by atoms with Crippen LogP contribution in [0.2, 0.25) is 0 Å². The maximum Gasteiger partial charge on any atom is 0.505 e. The Morgan fingerprint density at radius 3 is 2.59 bits per heavy atom. The lowest BCUT2D eigenvalue weighted by atomic mass is 9.83. The number of carbonyl (C=O) groups excluding carboxylic acids is 1. The molecule has 1 aromatic heterocycles. The fraction of sp³-hybridized carbons (Fsp3) is 0.150. The molecule has 0 aliphatic rings. The molecule has 0 spiro atoms. The van der Waals surface area contributed by atoms with E-state index in [2.05, 4.69) is 5.32 Å². The van der Waals surface area contributed by atoms with Crippen molar-refractivity contribution in [3.63, 3.8) is 0 Å². The Bertz CT molecular complexity index is 965. The standard InChI is InChI=1S/C20H20BNO5/c1-13-6-5-9-16-15(12-27-19(13)16)10-18(21(25)26)22-20(24)17(11-23)14-7-3-2-4-8-14/h2-10,12,17,23,25-26H,11H2,1H3,(H,22,24)/b18-10+/t17-/m1/s1. The van der Waals surface area contributed by atoms with Gasteiger partial charge in [0.2, 0.25) is 5.91 Å². The van der Waals surface area contributed by atoms with Crippen molar-refractivity contribution in [3.8, 4) is 0 Å². The third kappa shape index (κ3) is 4.11. The van der Waals surface area contributed by atoms with E-state index in [1.165, 1.54) is 12.3 Å². The summed E-state index contributed by atoms with van der Waals surface area (Å²) in [5, 5.41) is 32.3. The van der Waals surface area contributed by atoms with Gasteiger partial charge in [-0.25, -0.2) is 0 Å². The highest BCUT2D eigenvalue weighted by Gasteiger charge is 2.25. The van der Waals surface area contributed by atoms with Crippen LogP contribution in [0.5, 0.6) is 0 Å². The Morgan fingerprint density at radius 1 is 1.19 bits per heavy atom. The Kier molecular flexibility index (Phi) is 5.76. The number of amides is 1. The highest BCUT2D eigenvalue weighted by atomic mass is 16.4. The SMILES string of the molecule is Cc1cccc2c(/C=C(/NC(=O)[C@H](CO)c3ccccc3)B(O)O)coc12. The number of aliphatic hydroxyl groups is 1. The van der Waals surface area contributed by atoms with Crippen molar-refractivity contribution < 1.29 is 24.4 Å². The summed E-state index contributed by atoms with van der Waals surface area (Å²) in [6.07, 6.45) is 2.94. The van der Waals surface area contributed by atoms with Gasteiger partial charge in [-0.05, 0) is 24.1 Å². The number of carbonyl (C=O) groups is 1. The van der Waals surface area contributed by atoms with Crippen molar-refractivity contribution in [2.75, 3.05) is 6.61 Å². The molecule has 0 radical (unpaired) electrons. The molecule has 0 aliphatic carbocycles. The molecule has 3 aromatic rings.